The van der Waals surface area contributed by atoms with Crippen LogP contribution >= 0.6 is 11.3 Å². The number of methoxy groups -OCH3 is 1. The number of aliphatic imine (C=N–C) groups is 1. The van der Waals surface area contributed by atoms with E-state index >= 15 is 0 Å². The Labute approximate surface area is 137 Å². The minimum atomic E-state index is 0.245. The second-order valence-electron chi connectivity index (χ2n) is 5.89. The van der Waals surface area contributed by atoms with Crippen LogP contribution in [0.15, 0.2) is 16.4 Å². The average Bonchev–Trinajstić information content (AvgIpc) is 2.98. The third-order valence-electron chi connectivity index (χ3n) is 4.05. The molecule has 0 amide bonds. The summed E-state index contributed by atoms with van der Waals surface area (Å²) in [6.45, 7) is 8.12. The first-order valence-electron chi connectivity index (χ1n) is 7.89. The molecule has 0 radical (unpaired) electrons. The van der Waals surface area contributed by atoms with Crippen molar-refractivity contribution in [3.8, 4) is 0 Å². The summed E-state index contributed by atoms with van der Waals surface area (Å²) >= 11 is 1.89. The lowest BCUT2D eigenvalue weighted by Gasteiger charge is -2.33. The van der Waals surface area contributed by atoms with E-state index in [0.29, 0.717) is 12.6 Å². The van der Waals surface area contributed by atoms with E-state index in [4.69, 9.17) is 4.74 Å². The lowest BCUT2D eigenvalue weighted by molar-refractivity contribution is 0.178. The molecule has 2 N–H and O–H groups in total. The lowest BCUT2D eigenvalue weighted by atomic mass is 10.1. The highest BCUT2D eigenvalue weighted by molar-refractivity contribution is 7.10. The minimum Gasteiger partial charge on any atom is -0.383 e. The highest BCUT2D eigenvalue weighted by Crippen LogP contribution is 2.24. The van der Waals surface area contributed by atoms with E-state index in [-0.39, 0.29) is 6.04 Å². The van der Waals surface area contributed by atoms with E-state index in [1.165, 1.54) is 12.0 Å². The first kappa shape index (κ1) is 17.2. The summed E-state index contributed by atoms with van der Waals surface area (Å²) in [4.78, 5) is 8.37. The third-order valence-corrected chi connectivity index (χ3v) is 5.07. The summed E-state index contributed by atoms with van der Waals surface area (Å²) in [7, 11) is 3.52. The second-order valence-corrected chi connectivity index (χ2v) is 6.89. The van der Waals surface area contributed by atoms with Gasteiger partial charge < -0.3 is 15.4 Å². The molecule has 22 heavy (non-hydrogen) atoms. The zero-order valence-corrected chi connectivity index (χ0v) is 14.9. The summed E-state index contributed by atoms with van der Waals surface area (Å²) < 4.78 is 5.14. The van der Waals surface area contributed by atoms with Crippen LogP contribution in [0.2, 0.25) is 0 Å². The van der Waals surface area contributed by atoms with Crippen LogP contribution in [-0.4, -0.2) is 56.8 Å². The molecule has 2 unspecified atom stereocenters. The second kappa shape index (κ2) is 8.50. The van der Waals surface area contributed by atoms with Crippen LogP contribution in [0.1, 0.15) is 24.3 Å². The van der Waals surface area contributed by atoms with Crippen molar-refractivity contribution in [2.45, 2.75) is 38.9 Å². The van der Waals surface area contributed by atoms with Gasteiger partial charge in [0.15, 0.2) is 5.96 Å². The van der Waals surface area contributed by atoms with Gasteiger partial charge in [0.25, 0.3) is 0 Å². The number of thiophene rings is 1. The van der Waals surface area contributed by atoms with Crippen molar-refractivity contribution in [1.82, 2.24) is 15.5 Å². The normalized spacial score (nSPS) is 18.6. The van der Waals surface area contributed by atoms with Gasteiger partial charge in [0.1, 0.15) is 0 Å². The highest BCUT2D eigenvalue weighted by Gasteiger charge is 2.21. The van der Waals surface area contributed by atoms with Crippen molar-refractivity contribution in [2.75, 3.05) is 33.9 Å². The molecule has 5 nitrogen and oxygen atoms in total. The van der Waals surface area contributed by atoms with Gasteiger partial charge in [-0.25, -0.2) is 0 Å². The van der Waals surface area contributed by atoms with Gasteiger partial charge >= 0.3 is 0 Å². The molecule has 0 aromatic carbocycles. The van der Waals surface area contributed by atoms with E-state index in [1.807, 2.05) is 11.3 Å². The Morgan fingerprint density at radius 2 is 2.32 bits per heavy atom. The van der Waals surface area contributed by atoms with Crippen molar-refractivity contribution in [3.63, 3.8) is 0 Å². The Hall–Kier alpha value is -1.11. The number of nitrogens with zero attached hydrogens (tertiary/aromatic N) is 2. The maximum absolute atomic E-state index is 5.14. The molecule has 1 aliphatic rings. The van der Waals surface area contributed by atoms with Crippen LogP contribution in [0.4, 0.5) is 0 Å². The van der Waals surface area contributed by atoms with E-state index in [2.05, 4.69) is 45.8 Å². The van der Waals surface area contributed by atoms with Crippen LogP contribution in [-0.2, 0) is 17.7 Å². The molecule has 1 aromatic heterocycles. The molecule has 1 aromatic rings. The number of hydrogen-bond donors (Lipinski definition) is 2. The van der Waals surface area contributed by atoms with E-state index in [1.54, 1.807) is 19.0 Å². The van der Waals surface area contributed by atoms with E-state index < -0.39 is 0 Å². The number of rotatable bonds is 6. The van der Waals surface area contributed by atoms with Crippen molar-refractivity contribution < 1.29 is 4.74 Å². The van der Waals surface area contributed by atoms with Gasteiger partial charge in [-0.2, -0.15) is 0 Å². The summed E-state index contributed by atoms with van der Waals surface area (Å²) in [6.07, 6.45) is 1.18. The van der Waals surface area contributed by atoms with Crippen LogP contribution in [0.25, 0.3) is 0 Å². The van der Waals surface area contributed by atoms with Crippen LogP contribution in [0, 0.1) is 0 Å². The van der Waals surface area contributed by atoms with Crippen LogP contribution in [0.3, 0.4) is 0 Å². The van der Waals surface area contributed by atoms with Gasteiger partial charge in [0.05, 0.1) is 6.61 Å². The Morgan fingerprint density at radius 1 is 1.50 bits per heavy atom. The molecule has 0 bridgehead atoms. The maximum Gasteiger partial charge on any atom is 0.191 e. The van der Waals surface area contributed by atoms with Crippen molar-refractivity contribution in [1.29, 1.82) is 0 Å². The number of fused-ring (bicyclic) bond motifs is 1. The highest BCUT2D eigenvalue weighted by atomic mass is 32.1. The summed E-state index contributed by atoms with van der Waals surface area (Å²) in [6, 6.07) is 2.98. The molecule has 0 saturated heterocycles. The Balaban J connectivity index is 1.78. The fourth-order valence-corrected chi connectivity index (χ4v) is 3.63. The van der Waals surface area contributed by atoms with Crippen molar-refractivity contribution in [2.24, 2.45) is 4.99 Å². The van der Waals surface area contributed by atoms with Gasteiger partial charge in [-0.3, -0.25) is 9.89 Å². The minimum absolute atomic E-state index is 0.245. The molecule has 124 valence electrons. The molecule has 0 saturated carbocycles. The lowest BCUT2D eigenvalue weighted by Crippen LogP contribution is -2.49. The average molecular weight is 324 g/mol. The van der Waals surface area contributed by atoms with E-state index in [9.17, 15) is 0 Å². The Morgan fingerprint density at radius 3 is 3.05 bits per heavy atom. The predicted octanol–water partition coefficient (Wildman–Crippen LogP) is 1.69. The maximum atomic E-state index is 5.14. The largest absolute Gasteiger partial charge is 0.383 e. The first-order valence-corrected chi connectivity index (χ1v) is 8.77. The van der Waals surface area contributed by atoms with Gasteiger partial charge in [0, 0.05) is 50.8 Å². The molecule has 1 aliphatic heterocycles. The van der Waals surface area contributed by atoms with Gasteiger partial charge in [-0.15, -0.1) is 11.3 Å². The third kappa shape index (κ3) is 4.69. The quantitative estimate of drug-likeness (QED) is 0.618. The van der Waals surface area contributed by atoms with Gasteiger partial charge in [-0.1, -0.05) is 0 Å². The smallest absolute Gasteiger partial charge is 0.191 e. The Bertz CT molecular complexity index is 488. The monoisotopic (exact) mass is 324 g/mol. The topological polar surface area (TPSA) is 48.9 Å². The SMILES string of the molecule is CN=C(NCC(C)N1CCc2sccc2C1)NC(C)COC. The molecule has 2 rings (SSSR count). The van der Waals surface area contributed by atoms with Crippen LogP contribution in [0.5, 0.6) is 0 Å². The number of guanidine groups is 1. The zero-order chi connectivity index (χ0) is 15.9. The predicted molar refractivity (Wildman–Crippen MR) is 93.7 cm³/mol. The molecule has 2 atom stereocenters. The fraction of sp³-hybridized carbons (Fsp3) is 0.688. The zero-order valence-electron chi connectivity index (χ0n) is 14.1. The first-order chi connectivity index (χ1) is 10.6. The molecule has 0 fully saturated rings. The molecule has 0 aliphatic carbocycles. The molecular formula is C16H28N4OS. The fourth-order valence-electron chi connectivity index (χ4n) is 2.74. The molecular weight excluding hydrogens is 296 g/mol. The number of hydrogen-bond acceptors (Lipinski definition) is 4. The molecule has 2 heterocycles. The van der Waals surface area contributed by atoms with Crippen LogP contribution < -0.4 is 10.6 Å². The standard InChI is InChI=1S/C16H28N4OS/c1-12(11-21-4)19-16(17-3)18-9-13(2)20-7-5-15-14(10-20)6-8-22-15/h6,8,12-13H,5,7,9-11H2,1-4H3,(H2,17,18,19). The van der Waals surface area contributed by atoms with Gasteiger partial charge in [0.2, 0.25) is 0 Å². The molecule has 6 heteroatoms. The van der Waals surface area contributed by atoms with Gasteiger partial charge in [-0.05, 0) is 37.3 Å². The van der Waals surface area contributed by atoms with Crippen molar-refractivity contribution in [3.05, 3.63) is 21.9 Å². The summed E-state index contributed by atoms with van der Waals surface area (Å²) in [5, 5.41) is 8.96. The number of ether oxygens (including phenoxy) is 1. The number of nitrogens with one attached hydrogen (secondary N) is 2. The van der Waals surface area contributed by atoms with Crippen molar-refractivity contribution >= 4 is 17.3 Å². The van der Waals surface area contributed by atoms with E-state index in [0.717, 1.165) is 25.6 Å². The Kier molecular flexibility index (Phi) is 6.67. The summed E-state index contributed by atoms with van der Waals surface area (Å²) in [5.74, 6) is 0.838. The summed E-state index contributed by atoms with van der Waals surface area (Å²) in [5.41, 5.74) is 1.50. The molecule has 0 spiro atoms.